The zero-order valence-electron chi connectivity index (χ0n) is 11.1. The van der Waals surface area contributed by atoms with Gasteiger partial charge >= 0.3 is 5.97 Å². The molecule has 0 unspecified atom stereocenters. The SMILES string of the molecule is COC(=O)[C@@H]1CCN(Cc2ccccc2)C[C@H]1C. The highest BCUT2D eigenvalue weighted by atomic mass is 16.5. The van der Waals surface area contributed by atoms with Crippen molar-refractivity contribution >= 4 is 5.97 Å². The standard InChI is InChI=1S/C15H21NO2/c1-12-10-16(9-8-14(12)15(17)18-2)11-13-6-4-3-5-7-13/h3-7,12,14H,8-11H2,1-2H3/t12-,14-/m1/s1. The van der Waals surface area contributed by atoms with E-state index >= 15 is 0 Å². The maximum atomic E-state index is 11.6. The number of piperidine rings is 1. The molecule has 0 radical (unpaired) electrons. The van der Waals surface area contributed by atoms with Gasteiger partial charge in [0.05, 0.1) is 13.0 Å². The second kappa shape index (κ2) is 6.01. The second-order valence-electron chi connectivity index (χ2n) is 5.12. The molecule has 0 bridgehead atoms. The molecular weight excluding hydrogens is 226 g/mol. The van der Waals surface area contributed by atoms with Gasteiger partial charge in [-0.15, -0.1) is 0 Å². The average Bonchev–Trinajstić information content (AvgIpc) is 2.39. The van der Waals surface area contributed by atoms with Crippen LogP contribution >= 0.6 is 0 Å². The fourth-order valence-corrected chi connectivity index (χ4v) is 2.72. The van der Waals surface area contributed by atoms with Crippen LogP contribution in [-0.4, -0.2) is 31.1 Å². The molecular formula is C15H21NO2. The summed E-state index contributed by atoms with van der Waals surface area (Å²) < 4.78 is 4.86. The molecule has 0 amide bonds. The lowest BCUT2D eigenvalue weighted by atomic mass is 9.87. The minimum atomic E-state index is -0.0538. The summed E-state index contributed by atoms with van der Waals surface area (Å²) in [6.45, 7) is 5.05. The van der Waals surface area contributed by atoms with Crippen molar-refractivity contribution in [2.45, 2.75) is 19.9 Å². The molecule has 1 aliphatic rings. The van der Waals surface area contributed by atoms with Gasteiger partial charge in [0.25, 0.3) is 0 Å². The van der Waals surface area contributed by atoms with Gasteiger partial charge in [0.15, 0.2) is 0 Å². The van der Waals surface area contributed by atoms with Crippen molar-refractivity contribution < 1.29 is 9.53 Å². The second-order valence-corrected chi connectivity index (χ2v) is 5.12. The summed E-state index contributed by atoms with van der Waals surface area (Å²) in [7, 11) is 1.48. The normalized spacial score (nSPS) is 24.8. The Hall–Kier alpha value is -1.35. The Morgan fingerprint density at radius 1 is 1.39 bits per heavy atom. The van der Waals surface area contributed by atoms with Crippen molar-refractivity contribution in [2.24, 2.45) is 11.8 Å². The summed E-state index contributed by atoms with van der Waals surface area (Å²) in [5.41, 5.74) is 1.33. The van der Waals surface area contributed by atoms with Crippen LogP contribution in [0.1, 0.15) is 18.9 Å². The lowest BCUT2D eigenvalue weighted by Crippen LogP contribution is -2.42. The van der Waals surface area contributed by atoms with Gasteiger partial charge in [-0.25, -0.2) is 0 Å². The van der Waals surface area contributed by atoms with Gasteiger partial charge in [-0.2, -0.15) is 0 Å². The predicted octanol–water partition coefficient (Wildman–Crippen LogP) is 2.32. The number of esters is 1. The molecule has 2 atom stereocenters. The van der Waals surface area contributed by atoms with Crippen molar-refractivity contribution in [3.8, 4) is 0 Å². The van der Waals surface area contributed by atoms with Gasteiger partial charge in [-0.3, -0.25) is 9.69 Å². The molecule has 0 saturated carbocycles. The summed E-state index contributed by atoms with van der Waals surface area (Å²) in [6.07, 6.45) is 0.903. The molecule has 1 saturated heterocycles. The largest absolute Gasteiger partial charge is 0.469 e. The molecule has 3 heteroatoms. The van der Waals surface area contributed by atoms with Crippen LogP contribution in [0.2, 0.25) is 0 Å². The first kappa shape index (κ1) is 13.1. The fourth-order valence-electron chi connectivity index (χ4n) is 2.72. The number of rotatable bonds is 3. The molecule has 1 aromatic carbocycles. The van der Waals surface area contributed by atoms with Crippen LogP contribution in [0.5, 0.6) is 0 Å². The minimum Gasteiger partial charge on any atom is -0.469 e. The monoisotopic (exact) mass is 247 g/mol. The number of benzene rings is 1. The number of methoxy groups -OCH3 is 1. The van der Waals surface area contributed by atoms with E-state index in [0.29, 0.717) is 5.92 Å². The third-order valence-corrected chi connectivity index (χ3v) is 3.74. The number of carbonyl (C=O) groups excluding carboxylic acids is 1. The van der Waals surface area contributed by atoms with E-state index in [-0.39, 0.29) is 11.9 Å². The maximum Gasteiger partial charge on any atom is 0.309 e. The smallest absolute Gasteiger partial charge is 0.309 e. The number of ether oxygens (including phenoxy) is 1. The maximum absolute atomic E-state index is 11.6. The molecule has 3 nitrogen and oxygen atoms in total. The first-order valence-electron chi connectivity index (χ1n) is 6.55. The Morgan fingerprint density at radius 3 is 2.72 bits per heavy atom. The molecule has 1 fully saturated rings. The highest BCUT2D eigenvalue weighted by Gasteiger charge is 2.31. The minimum absolute atomic E-state index is 0.0538. The van der Waals surface area contributed by atoms with E-state index in [1.54, 1.807) is 0 Å². The molecule has 1 aromatic rings. The van der Waals surface area contributed by atoms with E-state index in [1.165, 1.54) is 12.7 Å². The third-order valence-electron chi connectivity index (χ3n) is 3.74. The fraction of sp³-hybridized carbons (Fsp3) is 0.533. The molecule has 0 aromatic heterocycles. The van der Waals surface area contributed by atoms with Gasteiger partial charge in [-0.05, 0) is 24.4 Å². The van der Waals surface area contributed by atoms with Crippen molar-refractivity contribution in [1.82, 2.24) is 4.90 Å². The first-order valence-corrected chi connectivity index (χ1v) is 6.55. The summed E-state index contributed by atoms with van der Waals surface area (Å²) in [4.78, 5) is 14.0. The summed E-state index contributed by atoms with van der Waals surface area (Å²) >= 11 is 0. The van der Waals surface area contributed by atoms with Crippen molar-refractivity contribution in [1.29, 1.82) is 0 Å². The topological polar surface area (TPSA) is 29.5 Å². The van der Waals surface area contributed by atoms with E-state index < -0.39 is 0 Å². The summed E-state index contributed by atoms with van der Waals surface area (Å²) in [5, 5.41) is 0. The number of hydrogen-bond donors (Lipinski definition) is 0. The Kier molecular flexibility index (Phi) is 4.37. The number of nitrogens with zero attached hydrogens (tertiary/aromatic N) is 1. The number of likely N-dealkylation sites (tertiary alicyclic amines) is 1. The van der Waals surface area contributed by atoms with Crippen molar-refractivity contribution in [3.63, 3.8) is 0 Å². The van der Waals surface area contributed by atoms with Crippen LogP contribution < -0.4 is 0 Å². The predicted molar refractivity (Wildman–Crippen MR) is 71.0 cm³/mol. The summed E-state index contributed by atoms with van der Waals surface area (Å²) in [6, 6.07) is 10.5. The van der Waals surface area contributed by atoms with Crippen LogP contribution in [0, 0.1) is 11.8 Å². The zero-order valence-corrected chi connectivity index (χ0v) is 11.1. The third kappa shape index (κ3) is 3.10. The van der Waals surface area contributed by atoms with Gasteiger partial charge in [0.2, 0.25) is 0 Å². The first-order chi connectivity index (χ1) is 8.70. The van der Waals surface area contributed by atoms with Crippen LogP contribution in [0.25, 0.3) is 0 Å². The van der Waals surface area contributed by atoms with E-state index in [2.05, 4.69) is 36.1 Å². The van der Waals surface area contributed by atoms with Crippen molar-refractivity contribution in [2.75, 3.05) is 20.2 Å². The summed E-state index contributed by atoms with van der Waals surface area (Å²) in [5.74, 6) is 0.388. The van der Waals surface area contributed by atoms with E-state index in [4.69, 9.17) is 4.74 Å². The lowest BCUT2D eigenvalue weighted by molar-refractivity contribution is -0.149. The van der Waals surface area contributed by atoms with Gasteiger partial charge < -0.3 is 4.74 Å². The van der Waals surface area contributed by atoms with E-state index in [0.717, 1.165) is 26.1 Å². The lowest BCUT2D eigenvalue weighted by Gasteiger charge is -2.35. The quantitative estimate of drug-likeness (QED) is 0.768. The molecule has 0 aliphatic carbocycles. The van der Waals surface area contributed by atoms with Crippen molar-refractivity contribution in [3.05, 3.63) is 35.9 Å². The number of hydrogen-bond acceptors (Lipinski definition) is 3. The Bertz CT molecular complexity index is 391. The Morgan fingerprint density at radius 2 is 2.11 bits per heavy atom. The molecule has 18 heavy (non-hydrogen) atoms. The van der Waals surface area contributed by atoms with E-state index in [1.807, 2.05) is 6.07 Å². The molecule has 0 N–H and O–H groups in total. The van der Waals surface area contributed by atoms with Crippen LogP contribution in [0.15, 0.2) is 30.3 Å². The average molecular weight is 247 g/mol. The van der Waals surface area contributed by atoms with Crippen LogP contribution in [0.4, 0.5) is 0 Å². The number of carbonyl (C=O) groups is 1. The van der Waals surface area contributed by atoms with Crippen LogP contribution in [0.3, 0.4) is 0 Å². The zero-order chi connectivity index (χ0) is 13.0. The molecule has 2 rings (SSSR count). The van der Waals surface area contributed by atoms with Gasteiger partial charge in [0.1, 0.15) is 0 Å². The van der Waals surface area contributed by atoms with Gasteiger partial charge in [0, 0.05) is 13.1 Å². The Labute approximate surface area is 109 Å². The van der Waals surface area contributed by atoms with E-state index in [9.17, 15) is 4.79 Å². The molecule has 1 heterocycles. The highest BCUT2D eigenvalue weighted by Crippen LogP contribution is 2.25. The van der Waals surface area contributed by atoms with Crippen LogP contribution in [-0.2, 0) is 16.1 Å². The molecule has 0 spiro atoms. The Balaban J connectivity index is 1.90. The highest BCUT2D eigenvalue weighted by molar-refractivity contribution is 5.72. The molecule has 1 aliphatic heterocycles. The molecule has 98 valence electrons. The van der Waals surface area contributed by atoms with Gasteiger partial charge in [-0.1, -0.05) is 37.3 Å².